The standard InChI is InChI=1S/C27H34N2O2/c1-4-5-12-20-26(28,29)27(21-14-8-6-9-15-21,22-16-10-7-11-17-22)23-18-13-19-24(30-2)25(23)31-3/h6-11,13-19H,4-5,12,20,28-29H2,1-3H3. The van der Waals surface area contributed by atoms with Gasteiger partial charge in [-0.2, -0.15) is 0 Å². The van der Waals surface area contributed by atoms with Gasteiger partial charge in [-0.05, 0) is 23.6 Å². The Morgan fingerprint density at radius 2 is 1.29 bits per heavy atom. The molecule has 31 heavy (non-hydrogen) atoms. The van der Waals surface area contributed by atoms with Crippen molar-refractivity contribution in [3.05, 3.63) is 95.6 Å². The molecule has 0 aliphatic carbocycles. The van der Waals surface area contributed by atoms with Gasteiger partial charge in [0, 0.05) is 5.56 Å². The van der Waals surface area contributed by atoms with Crippen molar-refractivity contribution in [2.45, 2.75) is 43.7 Å². The highest BCUT2D eigenvalue weighted by molar-refractivity contribution is 5.62. The van der Waals surface area contributed by atoms with Gasteiger partial charge >= 0.3 is 0 Å². The third-order valence-corrected chi connectivity index (χ3v) is 6.11. The van der Waals surface area contributed by atoms with E-state index >= 15 is 0 Å². The molecule has 4 heteroatoms. The first-order valence-electron chi connectivity index (χ1n) is 10.9. The molecule has 0 bridgehead atoms. The Bertz CT molecular complexity index is 916. The first-order valence-corrected chi connectivity index (χ1v) is 10.9. The zero-order chi connectivity index (χ0) is 22.3. The van der Waals surface area contributed by atoms with Crippen molar-refractivity contribution in [2.24, 2.45) is 11.5 Å². The van der Waals surface area contributed by atoms with Gasteiger partial charge in [0.2, 0.25) is 0 Å². The normalized spacial score (nSPS) is 11.9. The van der Waals surface area contributed by atoms with Crippen molar-refractivity contribution < 1.29 is 9.47 Å². The summed E-state index contributed by atoms with van der Waals surface area (Å²) in [5, 5.41) is 0. The maximum absolute atomic E-state index is 7.13. The van der Waals surface area contributed by atoms with Gasteiger partial charge in [-0.3, -0.25) is 0 Å². The second kappa shape index (κ2) is 9.99. The fourth-order valence-corrected chi connectivity index (χ4v) is 4.68. The number of rotatable bonds is 10. The van der Waals surface area contributed by atoms with E-state index in [-0.39, 0.29) is 0 Å². The Balaban J connectivity index is 2.42. The lowest BCUT2D eigenvalue weighted by Crippen LogP contribution is -2.66. The zero-order valence-corrected chi connectivity index (χ0v) is 18.8. The molecule has 164 valence electrons. The molecule has 4 nitrogen and oxygen atoms in total. The van der Waals surface area contributed by atoms with Crippen molar-refractivity contribution >= 4 is 0 Å². The minimum absolute atomic E-state index is 0.647. The first kappa shape index (κ1) is 22.9. The lowest BCUT2D eigenvalue weighted by Gasteiger charge is -2.48. The summed E-state index contributed by atoms with van der Waals surface area (Å²) in [6.45, 7) is 2.18. The van der Waals surface area contributed by atoms with E-state index in [1.54, 1.807) is 14.2 Å². The van der Waals surface area contributed by atoms with Crippen LogP contribution in [0, 0.1) is 0 Å². The number of methoxy groups -OCH3 is 2. The predicted octanol–water partition coefficient (Wildman–Crippen LogP) is 5.23. The van der Waals surface area contributed by atoms with Crippen molar-refractivity contribution in [1.82, 2.24) is 0 Å². The molecule has 0 radical (unpaired) electrons. The average Bonchev–Trinajstić information content (AvgIpc) is 2.80. The van der Waals surface area contributed by atoms with Gasteiger partial charge in [-0.15, -0.1) is 0 Å². The van der Waals surface area contributed by atoms with Gasteiger partial charge in [0.25, 0.3) is 0 Å². The summed E-state index contributed by atoms with van der Waals surface area (Å²) in [7, 11) is 3.31. The van der Waals surface area contributed by atoms with E-state index in [1.165, 1.54) is 0 Å². The maximum atomic E-state index is 7.13. The monoisotopic (exact) mass is 418 g/mol. The van der Waals surface area contributed by atoms with E-state index < -0.39 is 11.1 Å². The van der Waals surface area contributed by atoms with Gasteiger partial charge < -0.3 is 20.9 Å². The average molecular weight is 419 g/mol. The third kappa shape index (κ3) is 4.18. The molecule has 0 unspecified atom stereocenters. The highest BCUT2D eigenvalue weighted by Gasteiger charge is 2.52. The molecule has 3 rings (SSSR count). The highest BCUT2D eigenvalue weighted by Crippen LogP contribution is 2.51. The summed E-state index contributed by atoms with van der Waals surface area (Å²) in [5.74, 6) is 1.30. The Morgan fingerprint density at radius 3 is 1.77 bits per heavy atom. The number of benzene rings is 3. The van der Waals surface area contributed by atoms with Crippen LogP contribution in [0.5, 0.6) is 11.5 Å². The largest absolute Gasteiger partial charge is 0.493 e. The SMILES string of the molecule is CCCCCC(N)(N)C(c1ccccc1)(c1ccccc1)c1cccc(OC)c1OC. The molecule has 3 aromatic rings. The Hall–Kier alpha value is -2.82. The van der Waals surface area contributed by atoms with Crippen LogP contribution in [-0.2, 0) is 5.41 Å². The summed E-state index contributed by atoms with van der Waals surface area (Å²) in [6.07, 6.45) is 3.77. The van der Waals surface area contributed by atoms with Crippen LogP contribution in [0.15, 0.2) is 78.9 Å². The second-order valence-electron chi connectivity index (χ2n) is 8.02. The van der Waals surface area contributed by atoms with Gasteiger partial charge in [-0.25, -0.2) is 0 Å². The Labute approximate surface area is 186 Å². The van der Waals surface area contributed by atoms with Crippen LogP contribution in [0.25, 0.3) is 0 Å². The third-order valence-electron chi connectivity index (χ3n) is 6.11. The van der Waals surface area contributed by atoms with E-state index in [2.05, 4.69) is 37.3 Å². The predicted molar refractivity (Wildman–Crippen MR) is 128 cm³/mol. The summed E-state index contributed by atoms with van der Waals surface area (Å²) >= 11 is 0. The molecule has 0 atom stereocenters. The number of hydrogen-bond donors (Lipinski definition) is 2. The van der Waals surface area contributed by atoms with Crippen LogP contribution in [0.2, 0.25) is 0 Å². The lowest BCUT2D eigenvalue weighted by atomic mass is 9.60. The van der Waals surface area contributed by atoms with Crippen LogP contribution in [0.3, 0.4) is 0 Å². The van der Waals surface area contributed by atoms with Crippen molar-refractivity contribution in [3.63, 3.8) is 0 Å². The molecule has 0 saturated carbocycles. The maximum Gasteiger partial charge on any atom is 0.165 e. The van der Waals surface area contributed by atoms with Crippen LogP contribution in [-0.4, -0.2) is 19.9 Å². The minimum Gasteiger partial charge on any atom is -0.493 e. The van der Waals surface area contributed by atoms with E-state index in [0.717, 1.165) is 36.0 Å². The molecule has 4 N–H and O–H groups in total. The van der Waals surface area contributed by atoms with E-state index in [1.807, 2.05) is 48.5 Å². The van der Waals surface area contributed by atoms with Crippen molar-refractivity contribution in [1.29, 1.82) is 0 Å². The first-order chi connectivity index (χ1) is 15.0. The number of unbranched alkanes of at least 4 members (excludes halogenated alkanes) is 2. The molecule has 0 heterocycles. The van der Waals surface area contributed by atoms with Crippen molar-refractivity contribution in [2.75, 3.05) is 14.2 Å². The van der Waals surface area contributed by atoms with Gasteiger partial charge in [0.05, 0.1) is 25.3 Å². The molecule has 0 amide bonds. The topological polar surface area (TPSA) is 70.5 Å². The number of nitrogens with two attached hydrogens (primary N) is 2. The fraction of sp³-hybridized carbons (Fsp3) is 0.333. The van der Waals surface area contributed by atoms with Crippen LogP contribution in [0.1, 0.15) is 49.3 Å². The molecule has 3 aromatic carbocycles. The minimum atomic E-state index is -1.08. The smallest absolute Gasteiger partial charge is 0.165 e. The van der Waals surface area contributed by atoms with Crippen molar-refractivity contribution in [3.8, 4) is 11.5 Å². The summed E-state index contributed by atoms with van der Waals surface area (Å²) in [6, 6.07) is 26.4. The zero-order valence-electron chi connectivity index (χ0n) is 18.8. The number of para-hydroxylation sites is 1. The highest BCUT2D eigenvalue weighted by atomic mass is 16.5. The van der Waals surface area contributed by atoms with Gasteiger partial charge in [0.15, 0.2) is 11.5 Å². The summed E-state index contributed by atoms with van der Waals surface area (Å²) in [5.41, 5.74) is 15.3. The molecule has 0 spiro atoms. The molecule has 0 aromatic heterocycles. The van der Waals surface area contributed by atoms with Gasteiger partial charge in [0.1, 0.15) is 0 Å². The van der Waals surface area contributed by atoms with Crippen LogP contribution in [0.4, 0.5) is 0 Å². The van der Waals surface area contributed by atoms with Crippen LogP contribution >= 0.6 is 0 Å². The molecule has 0 aliphatic heterocycles. The Kier molecular flexibility index (Phi) is 7.37. The van der Waals surface area contributed by atoms with E-state index in [9.17, 15) is 0 Å². The number of hydrogen-bond acceptors (Lipinski definition) is 4. The Morgan fingerprint density at radius 1 is 0.710 bits per heavy atom. The summed E-state index contributed by atoms with van der Waals surface area (Å²) < 4.78 is 11.5. The summed E-state index contributed by atoms with van der Waals surface area (Å²) in [4.78, 5) is 0. The molecular formula is C27H34N2O2. The second-order valence-corrected chi connectivity index (χ2v) is 8.02. The van der Waals surface area contributed by atoms with E-state index in [4.69, 9.17) is 20.9 Å². The quantitative estimate of drug-likeness (QED) is 0.269. The molecular weight excluding hydrogens is 384 g/mol. The van der Waals surface area contributed by atoms with Crippen LogP contribution < -0.4 is 20.9 Å². The lowest BCUT2D eigenvalue weighted by molar-refractivity contribution is 0.267. The molecule has 0 fully saturated rings. The van der Waals surface area contributed by atoms with Gasteiger partial charge in [-0.1, -0.05) is 99.0 Å². The number of ether oxygens (including phenoxy) is 2. The molecule has 0 aliphatic rings. The molecule has 0 saturated heterocycles. The fourth-order valence-electron chi connectivity index (χ4n) is 4.68. The van der Waals surface area contributed by atoms with E-state index in [0.29, 0.717) is 17.9 Å².